The molecule has 100 valence electrons. The van der Waals surface area contributed by atoms with Crippen molar-refractivity contribution in [2.45, 2.75) is 59.5 Å². The molecule has 17 heavy (non-hydrogen) atoms. The fourth-order valence-electron chi connectivity index (χ4n) is 2.42. The highest BCUT2D eigenvalue weighted by Crippen LogP contribution is 2.24. The highest BCUT2D eigenvalue weighted by molar-refractivity contribution is 5.68. The first-order chi connectivity index (χ1) is 7.78. The lowest BCUT2D eigenvalue weighted by atomic mass is 9.90. The number of carbonyl (C=O) groups is 1. The average Bonchev–Trinajstić information content (AvgIpc) is 2.14. The van der Waals surface area contributed by atoms with Gasteiger partial charge in [-0.3, -0.25) is 0 Å². The SMILES string of the molecule is CC(C)C[C@H]1CCCN(C(=O)OC(C)(C)C)C1. The van der Waals surface area contributed by atoms with Crippen LogP contribution in [0.25, 0.3) is 0 Å². The zero-order valence-corrected chi connectivity index (χ0v) is 12.0. The summed E-state index contributed by atoms with van der Waals surface area (Å²) in [6.07, 6.45) is 3.42. The first kappa shape index (κ1) is 14.3. The summed E-state index contributed by atoms with van der Waals surface area (Å²) in [6.45, 7) is 12.0. The number of hydrogen-bond acceptors (Lipinski definition) is 2. The van der Waals surface area contributed by atoms with Gasteiger partial charge < -0.3 is 9.64 Å². The Hall–Kier alpha value is -0.730. The normalized spacial score (nSPS) is 21.8. The van der Waals surface area contributed by atoms with Gasteiger partial charge in [-0.05, 0) is 51.9 Å². The summed E-state index contributed by atoms with van der Waals surface area (Å²) in [5.41, 5.74) is -0.387. The lowest BCUT2D eigenvalue weighted by Gasteiger charge is -2.34. The minimum absolute atomic E-state index is 0.147. The third kappa shape index (κ3) is 5.42. The van der Waals surface area contributed by atoms with Gasteiger partial charge >= 0.3 is 6.09 Å². The van der Waals surface area contributed by atoms with E-state index in [1.165, 1.54) is 12.8 Å². The van der Waals surface area contributed by atoms with Crippen LogP contribution < -0.4 is 0 Å². The number of amides is 1. The molecule has 3 heteroatoms. The van der Waals surface area contributed by atoms with E-state index in [-0.39, 0.29) is 11.7 Å². The van der Waals surface area contributed by atoms with Crippen molar-refractivity contribution in [2.75, 3.05) is 13.1 Å². The smallest absolute Gasteiger partial charge is 0.410 e. The summed E-state index contributed by atoms with van der Waals surface area (Å²) in [5, 5.41) is 0. The Labute approximate surface area is 106 Å². The van der Waals surface area contributed by atoms with Gasteiger partial charge in [-0.25, -0.2) is 4.79 Å². The molecule has 1 heterocycles. The van der Waals surface area contributed by atoms with E-state index in [1.807, 2.05) is 25.7 Å². The van der Waals surface area contributed by atoms with Gasteiger partial charge in [0.15, 0.2) is 0 Å². The third-order valence-corrected chi connectivity index (χ3v) is 2.98. The Morgan fingerprint density at radius 3 is 2.59 bits per heavy atom. The molecule has 0 aromatic rings. The molecule has 0 bridgehead atoms. The molecule has 1 rings (SSSR count). The van der Waals surface area contributed by atoms with E-state index < -0.39 is 0 Å². The van der Waals surface area contributed by atoms with Crippen molar-refractivity contribution in [2.24, 2.45) is 11.8 Å². The van der Waals surface area contributed by atoms with Crippen LogP contribution in [0.3, 0.4) is 0 Å². The van der Waals surface area contributed by atoms with Crippen molar-refractivity contribution in [3.05, 3.63) is 0 Å². The Balaban J connectivity index is 2.46. The topological polar surface area (TPSA) is 29.5 Å². The standard InChI is InChI=1S/C14H27NO2/c1-11(2)9-12-7-6-8-15(10-12)13(16)17-14(3,4)5/h11-12H,6-10H2,1-5H3/t12-/m1/s1. The Morgan fingerprint density at radius 2 is 2.06 bits per heavy atom. The molecule has 1 fully saturated rings. The third-order valence-electron chi connectivity index (χ3n) is 2.98. The van der Waals surface area contributed by atoms with Gasteiger partial charge in [-0.15, -0.1) is 0 Å². The molecule has 1 aliphatic heterocycles. The number of carbonyl (C=O) groups excluding carboxylic acids is 1. The lowest BCUT2D eigenvalue weighted by Crippen LogP contribution is -2.43. The van der Waals surface area contributed by atoms with Crippen LogP contribution in [-0.2, 0) is 4.74 Å². The molecule has 1 atom stereocenters. The molecule has 0 saturated carbocycles. The van der Waals surface area contributed by atoms with Crippen LogP contribution in [0, 0.1) is 11.8 Å². The minimum Gasteiger partial charge on any atom is -0.444 e. The zero-order valence-electron chi connectivity index (χ0n) is 12.0. The number of hydrogen-bond donors (Lipinski definition) is 0. The number of nitrogens with zero attached hydrogens (tertiary/aromatic N) is 1. The molecule has 0 N–H and O–H groups in total. The average molecular weight is 241 g/mol. The highest BCUT2D eigenvalue weighted by atomic mass is 16.6. The molecule has 0 unspecified atom stereocenters. The van der Waals surface area contributed by atoms with Crippen LogP contribution in [0.4, 0.5) is 4.79 Å². The van der Waals surface area contributed by atoms with E-state index in [9.17, 15) is 4.79 Å². The first-order valence-corrected chi connectivity index (χ1v) is 6.76. The lowest BCUT2D eigenvalue weighted by molar-refractivity contribution is 0.0155. The van der Waals surface area contributed by atoms with Crippen LogP contribution >= 0.6 is 0 Å². The maximum atomic E-state index is 11.9. The van der Waals surface area contributed by atoms with Crippen molar-refractivity contribution < 1.29 is 9.53 Å². The maximum Gasteiger partial charge on any atom is 0.410 e. The zero-order chi connectivity index (χ0) is 13.1. The van der Waals surface area contributed by atoms with Crippen LogP contribution in [0.15, 0.2) is 0 Å². The summed E-state index contributed by atoms with van der Waals surface area (Å²) in [4.78, 5) is 13.8. The van der Waals surface area contributed by atoms with Crippen molar-refractivity contribution in [1.82, 2.24) is 4.90 Å². The summed E-state index contributed by atoms with van der Waals surface area (Å²) in [5.74, 6) is 1.36. The second kappa shape index (κ2) is 5.74. The maximum absolute atomic E-state index is 11.9. The van der Waals surface area contributed by atoms with Gasteiger partial charge in [0.2, 0.25) is 0 Å². The van der Waals surface area contributed by atoms with E-state index in [4.69, 9.17) is 4.74 Å². The van der Waals surface area contributed by atoms with Crippen molar-refractivity contribution in [3.8, 4) is 0 Å². The Bertz CT molecular complexity index is 255. The van der Waals surface area contributed by atoms with E-state index in [2.05, 4.69) is 13.8 Å². The van der Waals surface area contributed by atoms with Crippen LogP contribution in [0.1, 0.15) is 53.9 Å². The summed E-state index contributed by atoms with van der Waals surface area (Å²) >= 11 is 0. The molecule has 0 spiro atoms. The molecule has 1 amide bonds. The van der Waals surface area contributed by atoms with Crippen molar-refractivity contribution >= 4 is 6.09 Å². The summed E-state index contributed by atoms with van der Waals surface area (Å²) in [7, 11) is 0. The molecule has 1 aliphatic rings. The monoisotopic (exact) mass is 241 g/mol. The fraction of sp³-hybridized carbons (Fsp3) is 0.929. The second-order valence-corrected chi connectivity index (χ2v) is 6.56. The van der Waals surface area contributed by atoms with Crippen molar-refractivity contribution in [1.29, 1.82) is 0 Å². The molecule has 1 saturated heterocycles. The Morgan fingerprint density at radius 1 is 1.41 bits per heavy atom. The predicted molar refractivity (Wildman–Crippen MR) is 70.0 cm³/mol. The van der Waals surface area contributed by atoms with Gasteiger partial charge in [-0.1, -0.05) is 13.8 Å². The van der Waals surface area contributed by atoms with E-state index >= 15 is 0 Å². The molecule has 0 aliphatic carbocycles. The van der Waals surface area contributed by atoms with Crippen molar-refractivity contribution in [3.63, 3.8) is 0 Å². The van der Waals surface area contributed by atoms with Crippen LogP contribution in [0.5, 0.6) is 0 Å². The highest BCUT2D eigenvalue weighted by Gasteiger charge is 2.27. The summed E-state index contributed by atoms with van der Waals surface area (Å²) in [6, 6.07) is 0. The minimum atomic E-state index is -0.387. The van der Waals surface area contributed by atoms with Gasteiger partial charge in [0.25, 0.3) is 0 Å². The van der Waals surface area contributed by atoms with Gasteiger partial charge in [0.1, 0.15) is 5.60 Å². The number of rotatable bonds is 2. The molecule has 0 aromatic carbocycles. The van der Waals surface area contributed by atoms with Gasteiger partial charge in [-0.2, -0.15) is 0 Å². The largest absolute Gasteiger partial charge is 0.444 e. The number of ether oxygens (including phenoxy) is 1. The van der Waals surface area contributed by atoms with Gasteiger partial charge in [0.05, 0.1) is 0 Å². The molecular weight excluding hydrogens is 214 g/mol. The van der Waals surface area contributed by atoms with Crippen LogP contribution in [-0.4, -0.2) is 29.7 Å². The van der Waals surface area contributed by atoms with Gasteiger partial charge in [0, 0.05) is 13.1 Å². The quantitative estimate of drug-likeness (QED) is 0.738. The summed E-state index contributed by atoms with van der Waals surface area (Å²) < 4.78 is 5.42. The van der Waals surface area contributed by atoms with E-state index in [0.717, 1.165) is 19.5 Å². The molecule has 0 aromatic heterocycles. The van der Waals surface area contributed by atoms with E-state index in [0.29, 0.717) is 11.8 Å². The predicted octanol–water partition coefficient (Wildman–Crippen LogP) is 3.68. The molecule has 3 nitrogen and oxygen atoms in total. The molecule has 0 radical (unpaired) electrons. The fourth-order valence-corrected chi connectivity index (χ4v) is 2.42. The van der Waals surface area contributed by atoms with E-state index in [1.54, 1.807) is 0 Å². The number of piperidine rings is 1. The number of likely N-dealkylation sites (tertiary alicyclic amines) is 1. The van der Waals surface area contributed by atoms with Crippen LogP contribution in [0.2, 0.25) is 0 Å². The second-order valence-electron chi connectivity index (χ2n) is 6.56. The molecular formula is C14H27NO2. The first-order valence-electron chi connectivity index (χ1n) is 6.76. The Kier molecular flexibility index (Phi) is 4.84.